The summed E-state index contributed by atoms with van der Waals surface area (Å²) in [7, 11) is 0. The summed E-state index contributed by atoms with van der Waals surface area (Å²) in [5, 5.41) is 4.21. The molecule has 1 aliphatic heterocycles. The lowest BCUT2D eigenvalue weighted by Gasteiger charge is -2.47. The average molecular weight is 294 g/mol. The van der Waals surface area contributed by atoms with Crippen molar-refractivity contribution in [3.63, 3.8) is 0 Å². The topological polar surface area (TPSA) is 51.2 Å². The number of carbonyl (C=O) groups is 1. The normalized spacial score (nSPS) is 31.8. The smallest absolute Gasteiger partial charge is 0.263 e. The van der Waals surface area contributed by atoms with Crippen LogP contribution in [-0.2, 0) is 11.2 Å². The largest absolute Gasteiger partial charge is 0.377 e. The van der Waals surface area contributed by atoms with Crippen LogP contribution in [0.3, 0.4) is 0 Å². The van der Waals surface area contributed by atoms with Crippen LogP contribution in [0, 0.1) is 18.8 Å². The molecule has 4 atom stereocenters. The van der Waals surface area contributed by atoms with Crippen molar-refractivity contribution in [2.75, 3.05) is 6.61 Å². The quantitative estimate of drug-likeness (QED) is 0.928. The molecule has 20 heavy (non-hydrogen) atoms. The van der Waals surface area contributed by atoms with Crippen LogP contribution in [0.25, 0.3) is 0 Å². The Hall–Kier alpha value is -0.940. The first kappa shape index (κ1) is 14.0. The third-order valence-corrected chi connectivity index (χ3v) is 5.65. The van der Waals surface area contributed by atoms with Crippen molar-refractivity contribution in [1.29, 1.82) is 0 Å². The van der Waals surface area contributed by atoms with Crippen molar-refractivity contribution in [2.45, 2.75) is 52.2 Å². The third kappa shape index (κ3) is 2.17. The minimum Gasteiger partial charge on any atom is -0.377 e. The number of nitrogens with zero attached hydrogens (tertiary/aromatic N) is 1. The highest BCUT2D eigenvalue weighted by Crippen LogP contribution is 2.45. The van der Waals surface area contributed by atoms with Crippen LogP contribution >= 0.6 is 11.3 Å². The lowest BCUT2D eigenvalue weighted by molar-refractivity contribution is -0.0545. The van der Waals surface area contributed by atoms with Crippen LogP contribution in [0.1, 0.15) is 47.1 Å². The molecule has 0 radical (unpaired) electrons. The zero-order chi connectivity index (χ0) is 14.3. The number of ether oxygens (including phenoxy) is 1. The van der Waals surface area contributed by atoms with E-state index < -0.39 is 0 Å². The van der Waals surface area contributed by atoms with Crippen LogP contribution < -0.4 is 5.32 Å². The Labute approximate surface area is 123 Å². The Morgan fingerprint density at radius 3 is 3.00 bits per heavy atom. The number of thiazole rings is 1. The number of carbonyl (C=O) groups excluding carboxylic acids is 1. The van der Waals surface area contributed by atoms with E-state index >= 15 is 0 Å². The predicted octanol–water partition coefficient (Wildman–Crippen LogP) is 2.56. The Bertz CT molecular complexity index is 514. The van der Waals surface area contributed by atoms with Crippen molar-refractivity contribution < 1.29 is 9.53 Å². The van der Waals surface area contributed by atoms with Gasteiger partial charge in [-0.1, -0.05) is 13.8 Å². The van der Waals surface area contributed by atoms with Crippen molar-refractivity contribution in [3.05, 3.63) is 15.6 Å². The van der Waals surface area contributed by atoms with E-state index in [1.165, 1.54) is 11.3 Å². The number of rotatable bonds is 4. The van der Waals surface area contributed by atoms with Crippen LogP contribution in [0.4, 0.5) is 0 Å². The van der Waals surface area contributed by atoms with E-state index in [4.69, 9.17) is 4.74 Å². The molecule has 1 saturated carbocycles. The second-order valence-corrected chi connectivity index (χ2v) is 6.92. The number of amides is 1. The number of hydrogen-bond acceptors (Lipinski definition) is 4. The van der Waals surface area contributed by atoms with Gasteiger partial charge in [0.25, 0.3) is 5.91 Å². The molecule has 0 spiro atoms. The molecule has 0 unspecified atom stereocenters. The highest BCUT2D eigenvalue weighted by molar-refractivity contribution is 7.13. The summed E-state index contributed by atoms with van der Waals surface area (Å²) in [6.07, 6.45) is 3.33. The summed E-state index contributed by atoms with van der Waals surface area (Å²) in [6.45, 7) is 7.03. The van der Waals surface area contributed by atoms with Crippen LogP contribution in [-0.4, -0.2) is 29.6 Å². The van der Waals surface area contributed by atoms with Gasteiger partial charge in [-0.25, -0.2) is 4.98 Å². The van der Waals surface area contributed by atoms with Gasteiger partial charge in [0.15, 0.2) is 0 Å². The van der Waals surface area contributed by atoms with Gasteiger partial charge >= 0.3 is 0 Å². The molecule has 1 aromatic heterocycles. The van der Waals surface area contributed by atoms with E-state index in [1.807, 2.05) is 13.8 Å². The molecule has 2 fully saturated rings. The monoisotopic (exact) mass is 294 g/mol. The van der Waals surface area contributed by atoms with Gasteiger partial charge < -0.3 is 10.1 Å². The molecule has 3 rings (SSSR count). The molecule has 1 amide bonds. The highest BCUT2D eigenvalue weighted by Gasteiger charge is 2.53. The molecule has 2 heterocycles. The van der Waals surface area contributed by atoms with E-state index in [0.717, 1.165) is 41.4 Å². The Balaban J connectivity index is 1.72. The second-order valence-electron chi connectivity index (χ2n) is 5.72. The van der Waals surface area contributed by atoms with Gasteiger partial charge in [0.1, 0.15) is 4.88 Å². The summed E-state index contributed by atoms with van der Waals surface area (Å²) >= 11 is 1.50. The fourth-order valence-corrected chi connectivity index (χ4v) is 4.54. The summed E-state index contributed by atoms with van der Waals surface area (Å²) in [6, 6.07) is 0.284. The Morgan fingerprint density at radius 2 is 2.30 bits per heavy atom. The van der Waals surface area contributed by atoms with Gasteiger partial charge in [0, 0.05) is 24.5 Å². The number of aryl methyl sites for hydroxylation is 2. The van der Waals surface area contributed by atoms with E-state index in [-0.39, 0.29) is 11.9 Å². The lowest BCUT2D eigenvalue weighted by atomic mass is 9.65. The number of hydrogen-bond donors (Lipinski definition) is 1. The van der Waals surface area contributed by atoms with Crippen molar-refractivity contribution in [1.82, 2.24) is 10.3 Å². The second kappa shape index (κ2) is 5.45. The van der Waals surface area contributed by atoms with Gasteiger partial charge in [-0.05, 0) is 26.2 Å². The minimum atomic E-state index is 0.0567. The molecular formula is C15H22N2O2S. The fraction of sp³-hybridized carbons (Fsp3) is 0.733. The molecule has 5 heteroatoms. The molecule has 1 aliphatic carbocycles. The van der Waals surface area contributed by atoms with Crippen molar-refractivity contribution in [2.24, 2.45) is 11.8 Å². The maximum absolute atomic E-state index is 12.5. The molecule has 2 aliphatic rings. The summed E-state index contributed by atoms with van der Waals surface area (Å²) in [4.78, 5) is 17.7. The first-order chi connectivity index (χ1) is 9.65. The van der Waals surface area contributed by atoms with Crippen LogP contribution in [0.15, 0.2) is 0 Å². The summed E-state index contributed by atoms with van der Waals surface area (Å²) in [5.74, 6) is 1.05. The Morgan fingerprint density at radius 1 is 1.50 bits per heavy atom. The number of aromatic nitrogens is 1. The molecule has 0 bridgehead atoms. The zero-order valence-corrected chi connectivity index (χ0v) is 13.1. The van der Waals surface area contributed by atoms with Crippen LogP contribution in [0.2, 0.25) is 0 Å². The van der Waals surface area contributed by atoms with Gasteiger partial charge in [0.05, 0.1) is 16.8 Å². The van der Waals surface area contributed by atoms with Gasteiger partial charge in [-0.2, -0.15) is 0 Å². The molecule has 1 N–H and O–H groups in total. The van der Waals surface area contributed by atoms with E-state index in [1.54, 1.807) is 0 Å². The first-order valence-corrected chi connectivity index (χ1v) is 8.36. The fourth-order valence-electron chi connectivity index (χ4n) is 3.63. The number of nitrogens with one attached hydrogen (secondary N) is 1. The van der Waals surface area contributed by atoms with Crippen molar-refractivity contribution in [3.8, 4) is 0 Å². The first-order valence-electron chi connectivity index (χ1n) is 7.54. The highest BCUT2D eigenvalue weighted by atomic mass is 32.1. The van der Waals surface area contributed by atoms with E-state index in [9.17, 15) is 4.79 Å². The molecule has 0 aromatic carbocycles. The van der Waals surface area contributed by atoms with E-state index in [2.05, 4.69) is 17.2 Å². The van der Waals surface area contributed by atoms with Crippen LogP contribution in [0.5, 0.6) is 0 Å². The maximum Gasteiger partial charge on any atom is 0.263 e. The zero-order valence-electron chi connectivity index (χ0n) is 12.3. The third-order valence-electron chi connectivity index (χ3n) is 4.64. The predicted molar refractivity (Wildman–Crippen MR) is 79.1 cm³/mol. The minimum absolute atomic E-state index is 0.0567. The van der Waals surface area contributed by atoms with Crippen molar-refractivity contribution >= 4 is 17.2 Å². The molecule has 4 nitrogen and oxygen atoms in total. The SMILES string of the molecule is CCc1nc(C)sc1C(=O)N[C@@H]1[C@@H](CC)[C@H]2OCC[C@@H]12. The summed E-state index contributed by atoms with van der Waals surface area (Å²) < 4.78 is 5.76. The Kier molecular flexibility index (Phi) is 3.82. The number of fused-ring (bicyclic) bond motifs is 1. The van der Waals surface area contributed by atoms with Gasteiger partial charge in [-0.15, -0.1) is 11.3 Å². The van der Waals surface area contributed by atoms with Gasteiger partial charge in [0.2, 0.25) is 0 Å². The molecule has 1 aromatic rings. The van der Waals surface area contributed by atoms with E-state index in [0.29, 0.717) is 17.9 Å². The standard InChI is InChI=1S/C15H22N2O2S/c1-4-9-12(10-6-7-19-13(9)10)17-15(18)14-11(5-2)16-8(3)20-14/h9-10,12-13H,4-7H2,1-3H3,(H,17,18)/t9-,10+,12-,13-/m1/s1. The lowest BCUT2D eigenvalue weighted by Crippen LogP contribution is -2.61. The maximum atomic E-state index is 12.5. The molecule has 1 saturated heterocycles. The van der Waals surface area contributed by atoms with Gasteiger partial charge in [-0.3, -0.25) is 4.79 Å². The molecule has 110 valence electrons. The molecular weight excluding hydrogens is 272 g/mol. The summed E-state index contributed by atoms with van der Waals surface area (Å²) in [5.41, 5.74) is 0.927. The average Bonchev–Trinajstić information content (AvgIpc) is 3.00.